The van der Waals surface area contributed by atoms with Crippen molar-refractivity contribution in [2.45, 2.75) is 13.8 Å². The SMILES string of the molecule is Cc1ccc(Oc2ccc(-c3nnc(NC(=O)c4ccccc4)s3)cc2)cc1C. The second-order valence-corrected chi connectivity index (χ2v) is 7.58. The second kappa shape index (κ2) is 8.24. The highest BCUT2D eigenvalue weighted by atomic mass is 32.1. The van der Waals surface area contributed by atoms with Crippen LogP contribution in [0.4, 0.5) is 5.13 Å². The average Bonchev–Trinajstić information content (AvgIpc) is 3.20. The summed E-state index contributed by atoms with van der Waals surface area (Å²) in [5.74, 6) is 1.35. The molecule has 0 saturated heterocycles. The zero-order chi connectivity index (χ0) is 20.2. The maximum atomic E-state index is 12.2. The predicted octanol–water partition coefficient (Wildman–Crippen LogP) is 5.87. The number of anilines is 1. The van der Waals surface area contributed by atoms with Crippen molar-refractivity contribution in [3.8, 4) is 22.1 Å². The van der Waals surface area contributed by atoms with E-state index in [-0.39, 0.29) is 5.91 Å². The number of rotatable bonds is 5. The molecule has 144 valence electrons. The summed E-state index contributed by atoms with van der Waals surface area (Å²) in [5, 5.41) is 12.2. The van der Waals surface area contributed by atoms with Gasteiger partial charge in [-0.3, -0.25) is 10.1 Å². The summed E-state index contributed by atoms with van der Waals surface area (Å²) in [7, 11) is 0. The minimum Gasteiger partial charge on any atom is -0.457 e. The molecule has 1 N–H and O–H groups in total. The molecule has 29 heavy (non-hydrogen) atoms. The largest absolute Gasteiger partial charge is 0.457 e. The number of benzene rings is 3. The molecule has 0 aliphatic carbocycles. The van der Waals surface area contributed by atoms with Gasteiger partial charge in [0.25, 0.3) is 5.91 Å². The Morgan fingerprint density at radius 2 is 1.59 bits per heavy atom. The number of aromatic nitrogens is 2. The lowest BCUT2D eigenvalue weighted by molar-refractivity contribution is 0.102. The molecule has 0 unspecified atom stereocenters. The van der Waals surface area contributed by atoms with Gasteiger partial charge in [0, 0.05) is 11.1 Å². The van der Waals surface area contributed by atoms with Crippen LogP contribution in [-0.4, -0.2) is 16.1 Å². The lowest BCUT2D eigenvalue weighted by Crippen LogP contribution is -2.11. The van der Waals surface area contributed by atoms with Crippen LogP contribution in [0.25, 0.3) is 10.6 Å². The maximum Gasteiger partial charge on any atom is 0.257 e. The van der Waals surface area contributed by atoms with Gasteiger partial charge in [-0.25, -0.2) is 0 Å². The van der Waals surface area contributed by atoms with E-state index in [9.17, 15) is 4.79 Å². The zero-order valence-electron chi connectivity index (χ0n) is 16.0. The zero-order valence-corrected chi connectivity index (χ0v) is 16.9. The first kappa shape index (κ1) is 18.8. The molecule has 0 bridgehead atoms. The van der Waals surface area contributed by atoms with Crippen LogP contribution in [0.2, 0.25) is 0 Å². The van der Waals surface area contributed by atoms with Crippen molar-refractivity contribution in [1.29, 1.82) is 0 Å². The molecular weight excluding hydrogens is 382 g/mol. The van der Waals surface area contributed by atoms with Gasteiger partial charge in [0.15, 0.2) is 0 Å². The minimum atomic E-state index is -0.203. The average molecular weight is 401 g/mol. The number of hydrogen-bond acceptors (Lipinski definition) is 5. The van der Waals surface area contributed by atoms with Gasteiger partial charge >= 0.3 is 0 Å². The van der Waals surface area contributed by atoms with Gasteiger partial charge in [0.1, 0.15) is 16.5 Å². The van der Waals surface area contributed by atoms with E-state index in [0.717, 1.165) is 22.1 Å². The Morgan fingerprint density at radius 3 is 2.31 bits per heavy atom. The molecule has 6 heteroatoms. The van der Waals surface area contributed by atoms with Crippen LogP contribution < -0.4 is 10.1 Å². The number of amides is 1. The quantitative estimate of drug-likeness (QED) is 0.454. The molecule has 3 aromatic carbocycles. The Bertz CT molecular complexity index is 1140. The molecular formula is C23H19N3O2S. The van der Waals surface area contributed by atoms with Crippen LogP contribution in [0.15, 0.2) is 72.8 Å². The van der Waals surface area contributed by atoms with Crippen molar-refractivity contribution in [3.63, 3.8) is 0 Å². The summed E-state index contributed by atoms with van der Waals surface area (Å²) in [5.41, 5.74) is 3.92. The fourth-order valence-corrected chi connectivity index (χ4v) is 3.47. The Balaban J connectivity index is 1.44. The lowest BCUT2D eigenvalue weighted by atomic mass is 10.1. The Morgan fingerprint density at radius 1 is 0.862 bits per heavy atom. The molecule has 0 saturated carbocycles. The van der Waals surface area contributed by atoms with E-state index >= 15 is 0 Å². The third kappa shape index (κ3) is 4.50. The third-order valence-electron chi connectivity index (χ3n) is 4.50. The van der Waals surface area contributed by atoms with E-state index in [2.05, 4.69) is 29.4 Å². The number of hydrogen-bond donors (Lipinski definition) is 1. The number of aryl methyl sites for hydroxylation is 2. The van der Waals surface area contributed by atoms with E-state index < -0.39 is 0 Å². The van der Waals surface area contributed by atoms with Crippen LogP contribution in [0.3, 0.4) is 0 Å². The first-order chi connectivity index (χ1) is 14.1. The van der Waals surface area contributed by atoms with Gasteiger partial charge in [-0.15, -0.1) is 10.2 Å². The molecule has 0 aliphatic rings. The maximum absolute atomic E-state index is 12.2. The molecule has 1 amide bonds. The smallest absolute Gasteiger partial charge is 0.257 e. The molecule has 0 fully saturated rings. The second-order valence-electron chi connectivity index (χ2n) is 6.61. The molecule has 0 aliphatic heterocycles. The molecule has 4 aromatic rings. The van der Waals surface area contributed by atoms with E-state index in [0.29, 0.717) is 10.7 Å². The van der Waals surface area contributed by atoms with Gasteiger partial charge in [-0.1, -0.05) is 35.6 Å². The Kier molecular flexibility index (Phi) is 5.35. The molecule has 1 heterocycles. The standard InChI is InChI=1S/C23H19N3O2S/c1-15-8-11-20(14-16(15)2)28-19-12-9-18(10-13-19)22-25-26-23(29-22)24-21(27)17-6-4-3-5-7-17/h3-14H,1-2H3,(H,24,26,27). The van der Waals surface area contributed by atoms with E-state index in [1.165, 1.54) is 22.5 Å². The van der Waals surface area contributed by atoms with Crippen LogP contribution >= 0.6 is 11.3 Å². The molecule has 1 aromatic heterocycles. The number of carbonyl (C=O) groups is 1. The van der Waals surface area contributed by atoms with Crippen LogP contribution in [0.1, 0.15) is 21.5 Å². The Labute approximate surface area is 173 Å². The van der Waals surface area contributed by atoms with Crippen LogP contribution in [-0.2, 0) is 0 Å². The third-order valence-corrected chi connectivity index (χ3v) is 5.38. The molecule has 0 radical (unpaired) electrons. The van der Waals surface area contributed by atoms with Gasteiger partial charge in [0.2, 0.25) is 5.13 Å². The van der Waals surface area contributed by atoms with Gasteiger partial charge in [-0.2, -0.15) is 0 Å². The van der Waals surface area contributed by atoms with E-state index in [1.807, 2.05) is 60.7 Å². The monoisotopic (exact) mass is 401 g/mol. The molecule has 4 rings (SSSR count). The van der Waals surface area contributed by atoms with Gasteiger partial charge in [-0.05, 0) is 73.5 Å². The molecule has 0 spiro atoms. The summed E-state index contributed by atoms with van der Waals surface area (Å²) in [6.07, 6.45) is 0. The van der Waals surface area contributed by atoms with Crippen molar-refractivity contribution < 1.29 is 9.53 Å². The summed E-state index contributed by atoms with van der Waals surface area (Å²) in [4.78, 5) is 12.2. The molecule has 5 nitrogen and oxygen atoms in total. The van der Waals surface area contributed by atoms with Crippen LogP contribution in [0.5, 0.6) is 11.5 Å². The number of carbonyl (C=O) groups excluding carboxylic acids is 1. The number of nitrogens with zero attached hydrogens (tertiary/aromatic N) is 2. The molecule has 0 atom stereocenters. The summed E-state index contributed by atoms with van der Waals surface area (Å²) >= 11 is 1.33. The normalized spacial score (nSPS) is 10.6. The fraction of sp³-hybridized carbons (Fsp3) is 0.0870. The van der Waals surface area contributed by atoms with Crippen molar-refractivity contribution in [1.82, 2.24) is 10.2 Å². The summed E-state index contributed by atoms with van der Waals surface area (Å²) in [6.45, 7) is 4.14. The van der Waals surface area contributed by atoms with E-state index in [1.54, 1.807) is 12.1 Å². The van der Waals surface area contributed by atoms with Crippen molar-refractivity contribution in [2.75, 3.05) is 5.32 Å². The van der Waals surface area contributed by atoms with Gasteiger partial charge in [0.05, 0.1) is 0 Å². The predicted molar refractivity (Wildman–Crippen MR) is 116 cm³/mol. The van der Waals surface area contributed by atoms with E-state index in [4.69, 9.17) is 4.74 Å². The topological polar surface area (TPSA) is 64.1 Å². The number of nitrogens with one attached hydrogen (secondary N) is 1. The first-order valence-electron chi connectivity index (χ1n) is 9.14. The van der Waals surface area contributed by atoms with Crippen molar-refractivity contribution in [3.05, 3.63) is 89.5 Å². The lowest BCUT2D eigenvalue weighted by Gasteiger charge is -2.08. The highest BCUT2D eigenvalue weighted by Crippen LogP contribution is 2.30. The fourth-order valence-electron chi connectivity index (χ4n) is 2.73. The highest BCUT2D eigenvalue weighted by Gasteiger charge is 2.11. The minimum absolute atomic E-state index is 0.203. The highest BCUT2D eigenvalue weighted by molar-refractivity contribution is 7.18. The van der Waals surface area contributed by atoms with Crippen molar-refractivity contribution in [2.24, 2.45) is 0 Å². The summed E-state index contributed by atoms with van der Waals surface area (Å²) < 4.78 is 5.92. The first-order valence-corrected chi connectivity index (χ1v) is 9.95. The Hall–Kier alpha value is -3.51. The van der Waals surface area contributed by atoms with Gasteiger partial charge < -0.3 is 4.74 Å². The summed E-state index contributed by atoms with van der Waals surface area (Å²) in [6, 6.07) is 22.7. The van der Waals surface area contributed by atoms with Crippen LogP contribution in [0, 0.1) is 13.8 Å². The number of ether oxygens (including phenoxy) is 1. The van der Waals surface area contributed by atoms with Crippen molar-refractivity contribution >= 4 is 22.4 Å².